The first-order valence-corrected chi connectivity index (χ1v) is 8.26. The minimum atomic E-state index is -0.659. The van der Waals surface area contributed by atoms with Crippen molar-refractivity contribution in [1.82, 2.24) is 5.43 Å². The number of non-ortho nitro benzene ring substituents is 1. The molecule has 130 valence electrons. The number of benzene rings is 2. The van der Waals surface area contributed by atoms with Gasteiger partial charge in [0.1, 0.15) is 11.5 Å². The van der Waals surface area contributed by atoms with Crippen molar-refractivity contribution in [2.45, 2.75) is 0 Å². The van der Waals surface area contributed by atoms with Crippen molar-refractivity contribution in [3.8, 4) is 11.5 Å². The monoisotopic (exact) mass is 471 g/mol. The highest BCUT2D eigenvalue weighted by molar-refractivity contribution is 9.11. The number of nitro benzene ring substituents is 1. The molecule has 0 spiro atoms. The number of nitro groups is 1. The molecule has 0 bridgehead atoms. The average Bonchev–Trinajstić information content (AvgIpc) is 2.58. The van der Waals surface area contributed by atoms with Crippen molar-refractivity contribution in [2.75, 3.05) is 7.11 Å². The topological polar surface area (TPSA) is 114 Å². The number of aromatic hydroxyl groups is 1. The van der Waals surface area contributed by atoms with Crippen LogP contribution < -0.4 is 10.2 Å². The molecule has 2 N–H and O–H groups in total. The van der Waals surface area contributed by atoms with Gasteiger partial charge in [-0.1, -0.05) is 0 Å². The molecule has 0 aliphatic rings. The van der Waals surface area contributed by atoms with Gasteiger partial charge in [-0.3, -0.25) is 14.9 Å². The number of halogens is 2. The number of carbonyl (C=O) groups is 1. The van der Waals surface area contributed by atoms with E-state index in [-0.39, 0.29) is 22.7 Å². The van der Waals surface area contributed by atoms with Crippen molar-refractivity contribution >= 4 is 49.7 Å². The maximum absolute atomic E-state index is 12.2. The van der Waals surface area contributed by atoms with E-state index in [4.69, 9.17) is 4.74 Å². The van der Waals surface area contributed by atoms with E-state index in [2.05, 4.69) is 42.4 Å². The van der Waals surface area contributed by atoms with Gasteiger partial charge in [-0.15, -0.1) is 0 Å². The molecule has 2 rings (SSSR count). The van der Waals surface area contributed by atoms with Crippen molar-refractivity contribution in [3.05, 3.63) is 60.5 Å². The van der Waals surface area contributed by atoms with Crippen LogP contribution in [-0.2, 0) is 0 Å². The first-order valence-electron chi connectivity index (χ1n) is 6.67. The van der Waals surface area contributed by atoms with Gasteiger partial charge >= 0.3 is 0 Å². The Morgan fingerprint density at radius 3 is 2.52 bits per heavy atom. The van der Waals surface area contributed by atoms with E-state index in [0.29, 0.717) is 14.5 Å². The van der Waals surface area contributed by atoms with Crippen molar-refractivity contribution in [1.29, 1.82) is 0 Å². The highest BCUT2D eigenvalue weighted by Crippen LogP contribution is 2.32. The number of hydrogen-bond acceptors (Lipinski definition) is 6. The number of hydrazone groups is 1. The third kappa shape index (κ3) is 4.54. The van der Waals surface area contributed by atoms with E-state index in [1.807, 2.05) is 0 Å². The minimum absolute atomic E-state index is 0.0121. The molecule has 0 saturated heterocycles. The van der Waals surface area contributed by atoms with Crippen LogP contribution in [0, 0.1) is 10.1 Å². The van der Waals surface area contributed by atoms with Gasteiger partial charge in [0, 0.05) is 12.1 Å². The summed E-state index contributed by atoms with van der Waals surface area (Å²) in [6.07, 6.45) is 1.36. The van der Waals surface area contributed by atoms with Crippen LogP contribution in [0.1, 0.15) is 15.9 Å². The Hall–Kier alpha value is -2.46. The summed E-state index contributed by atoms with van der Waals surface area (Å²) in [7, 11) is 1.35. The third-order valence-corrected chi connectivity index (χ3v) is 4.27. The van der Waals surface area contributed by atoms with Gasteiger partial charge in [-0.25, -0.2) is 5.43 Å². The molecule has 0 saturated carbocycles. The fourth-order valence-electron chi connectivity index (χ4n) is 1.87. The van der Waals surface area contributed by atoms with E-state index in [1.165, 1.54) is 25.5 Å². The van der Waals surface area contributed by atoms with Crippen LogP contribution in [0.2, 0.25) is 0 Å². The van der Waals surface area contributed by atoms with Gasteiger partial charge in [0.05, 0.1) is 32.8 Å². The summed E-state index contributed by atoms with van der Waals surface area (Å²) in [5, 5.41) is 24.3. The fourth-order valence-corrected chi connectivity index (χ4v) is 3.09. The summed E-state index contributed by atoms with van der Waals surface area (Å²) in [6, 6.07) is 6.89. The maximum atomic E-state index is 12.2. The van der Waals surface area contributed by atoms with Crippen LogP contribution in [0.25, 0.3) is 0 Å². The molecular formula is C15H11Br2N3O5. The van der Waals surface area contributed by atoms with Crippen molar-refractivity contribution < 1.29 is 19.6 Å². The van der Waals surface area contributed by atoms with Crippen LogP contribution in [0.3, 0.4) is 0 Å². The molecule has 0 radical (unpaired) electrons. The van der Waals surface area contributed by atoms with Crippen LogP contribution in [0.5, 0.6) is 11.5 Å². The third-order valence-electron chi connectivity index (χ3n) is 3.06. The number of carbonyl (C=O) groups excluding carboxylic acids is 1. The Morgan fingerprint density at radius 2 is 1.96 bits per heavy atom. The number of nitrogens with zero attached hydrogens (tertiary/aromatic N) is 2. The van der Waals surface area contributed by atoms with Gasteiger partial charge in [0.25, 0.3) is 11.6 Å². The van der Waals surface area contributed by atoms with E-state index in [0.717, 1.165) is 6.07 Å². The number of phenols is 1. The molecule has 1 amide bonds. The first-order chi connectivity index (χ1) is 11.8. The summed E-state index contributed by atoms with van der Waals surface area (Å²) in [5.41, 5.74) is 2.63. The maximum Gasteiger partial charge on any atom is 0.275 e. The van der Waals surface area contributed by atoms with Gasteiger partial charge in [-0.05, 0) is 55.6 Å². The summed E-state index contributed by atoms with van der Waals surface area (Å²) < 4.78 is 5.94. The van der Waals surface area contributed by atoms with E-state index < -0.39 is 10.8 Å². The molecule has 25 heavy (non-hydrogen) atoms. The summed E-state index contributed by atoms with van der Waals surface area (Å²) in [6.45, 7) is 0. The molecule has 8 nitrogen and oxygen atoms in total. The molecule has 0 aliphatic carbocycles. The zero-order valence-electron chi connectivity index (χ0n) is 12.7. The van der Waals surface area contributed by atoms with Crippen LogP contribution in [0.15, 0.2) is 44.4 Å². The van der Waals surface area contributed by atoms with E-state index in [9.17, 15) is 20.0 Å². The Kier molecular flexibility index (Phi) is 6.10. The molecule has 0 fully saturated rings. The molecule has 2 aromatic carbocycles. The van der Waals surface area contributed by atoms with Crippen molar-refractivity contribution in [3.63, 3.8) is 0 Å². The summed E-state index contributed by atoms with van der Waals surface area (Å²) in [4.78, 5) is 22.4. The SMILES string of the molecule is COc1ccc([N+](=O)[O-])cc1C(=O)NN=Cc1cc(Br)c(O)c(Br)c1. The molecule has 0 aliphatic heterocycles. The number of phenolic OH excluding ortho intramolecular Hbond substituents is 1. The van der Waals surface area contributed by atoms with Crippen LogP contribution in [0.4, 0.5) is 5.69 Å². The predicted molar refractivity (Wildman–Crippen MR) is 98.2 cm³/mol. The molecule has 0 heterocycles. The molecule has 10 heteroatoms. The second-order valence-electron chi connectivity index (χ2n) is 4.67. The lowest BCUT2D eigenvalue weighted by molar-refractivity contribution is -0.384. The number of ether oxygens (including phenoxy) is 1. The largest absolute Gasteiger partial charge is 0.506 e. The number of nitrogens with one attached hydrogen (secondary N) is 1. The lowest BCUT2D eigenvalue weighted by Gasteiger charge is -2.06. The molecule has 0 atom stereocenters. The van der Waals surface area contributed by atoms with Gasteiger partial charge in [-0.2, -0.15) is 5.10 Å². The smallest absolute Gasteiger partial charge is 0.275 e. The minimum Gasteiger partial charge on any atom is -0.506 e. The van der Waals surface area contributed by atoms with Gasteiger partial charge < -0.3 is 9.84 Å². The molecule has 0 unspecified atom stereocenters. The van der Waals surface area contributed by atoms with E-state index in [1.54, 1.807) is 12.1 Å². The fraction of sp³-hybridized carbons (Fsp3) is 0.0667. The summed E-state index contributed by atoms with van der Waals surface area (Å²) in [5.74, 6) is -0.426. The van der Waals surface area contributed by atoms with E-state index >= 15 is 0 Å². The van der Waals surface area contributed by atoms with Gasteiger partial charge in [0.2, 0.25) is 0 Å². The Balaban J connectivity index is 2.20. The highest BCUT2D eigenvalue weighted by Gasteiger charge is 2.17. The first kappa shape index (κ1) is 18.9. The lowest BCUT2D eigenvalue weighted by Crippen LogP contribution is -2.18. The Bertz CT molecular complexity index is 847. The lowest BCUT2D eigenvalue weighted by atomic mass is 10.1. The zero-order valence-corrected chi connectivity index (χ0v) is 15.9. The van der Waals surface area contributed by atoms with Crippen molar-refractivity contribution in [2.24, 2.45) is 5.10 Å². The number of hydrogen-bond donors (Lipinski definition) is 2. The number of methoxy groups -OCH3 is 1. The van der Waals surface area contributed by atoms with Crippen LogP contribution in [-0.4, -0.2) is 29.3 Å². The van der Waals surface area contributed by atoms with Gasteiger partial charge in [0.15, 0.2) is 0 Å². The zero-order chi connectivity index (χ0) is 18.6. The standard InChI is InChI=1S/C15H11Br2N3O5/c1-25-13-3-2-9(20(23)24)6-10(13)15(22)19-18-7-8-4-11(16)14(21)12(17)5-8/h2-7,21H,1H3,(H,19,22). The average molecular weight is 473 g/mol. The second kappa shape index (κ2) is 8.08. The molecule has 0 aromatic heterocycles. The molecule has 2 aromatic rings. The Morgan fingerprint density at radius 1 is 1.32 bits per heavy atom. The predicted octanol–water partition coefficient (Wildman–Crippen LogP) is 3.60. The normalized spacial score (nSPS) is 10.7. The second-order valence-corrected chi connectivity index (χ2v) is 6.38. The number of rotatable bonds is 5. The quantitative estimate of drug-likeness (QED) is 0.392. The summed E-state index contributed by atoms with van der Waals surface area (Å²) >= 11 is 6.37. The highest BCUT2D eigenvalue weighted by atomic mass is 79.9. The van der Waals surface area contributed by atoms with Crippen LogP contribution >= 0.6 is 31.9 Å². The Labute approximate surface area is 158 Å². The molecular weight excluding hydrogens is 462 g/mol. The number of amides is 1.